The van der Waals surface area contributed by atoms with Crippen LogP contribution in [-0.2, 0) is 9.53 Å². The molecule has 2 aromatic heterocycles. The van der Waals surface area contributed by atoms with Crippen molar-refractivity contribution in [1.29, 1.82) is 0 Å². The van der Waals surface area contributed by atoms with Crippen LogP contribution in [0.3, 0.4) is 0 Å². The van der Waals surface area contributed by atoms with Crippen LogP contribution in [0, 0.1) is 26.7 Å². The number of amides is 1. The van der Waals surface area contributed by atoms with Gasteiger partial charge in [-0.05, 0) is 44.9 Å². The average Bonchev–Trinajstić information content (AvgIpc) is 3.46. The van der Waals surface area contributed by atoms with E-state index < -0.39 is 0 Å². The number of benzene rings is 1. The van der Waals surface area contributed by atoms with Gasteiger partial charge in [0.1, 0.15) is 11.9 Å². The van der Waals surface area contributed by atoms with E-state index in [2.05, 4.69) is 35.5 Å². The van der Waals surface area contributed by atoms with Gasteiger partial charge in [0.15, 0.2) is 0 Å². The predicted molar refractivity (Wildman–Crippen MR) is 113 cm³/mol. The van der Waals surface area contributed by atoms with Crippen molar-refractivity contribution >= 4 is 5.91 Å². The van der Waals surface area contributed by atoms with Gasteiger partial charge in [0, 0.05) is 30.8 Å². The van der Waals surface area contributed by atoms with Crippen molar-refractivity contribution in [3.05, 3.63) is 64.8 Å². The summed E-state index contributed by atoms with van der Waals surface area (Å²) in [6.45, 7) is 9.04. The largest absolute Gasteiger partial charge is 0.371 e. The summed E-state index contributed by atoms with van der Waals surface area (Å²) in [7, 11) is 0. The minimum Gasteiger partial charge on any atom is -0.371 e. The second-order valence-corrected chi connectivity index (χ2v) is 8.02. The molecule has 1 aromatic carbocycles. The molecule has 1 saturated heterocycles. The van der Waals surface area contributed by atoms with Crippen molar-refractivity contribution < 1.29 is 14.1 Å². The van der Waals surface area contributed by atoms with Crippen molar-refractivity contribution in [3.8, 4) is 5.69 Å². The Morgan fingerprint density at radius 2 is 2.07 bits per heavy atom. The molecule has 0 aliphatic carbocycles. The van der Waals surface area contributed by atoms with E-state index in [-0.39, 0.29) is 23.8 Å². The van der Waals surface area contributed by atoms with Gasteiger partial charge in [-0.25, -0.2) is 4.68 Å². The Morgan fingerprint density at radius 3 is 2.80 bits per heavy atom. The smallest absolute Gasteiger partial charge is 0.226 e. The highest BCUT2D eigenvalue weighted by Gasteiger charge is 2.37. The lowest BCUT2D eigenvalue weighted by Crippen LogP contribution is -2.35. The number of hydrogen-bond donors (Lipinski definition) is 1. The molecule has 30 heavy (non-hydrogen) atoms. The minimum absolute atomic E-state index is 0.00800. The van der Waals surface area contributed by atoms with Crippen molar-refractivity contribution in [2.75, 3.05) is 13.2 Å². The van der Waals surface area contributed by atoms with Gasteiger partial charge in [0.25, 0.3) is 0 Å². The molecule has 0 bridgehead atoms. The van der Waals surface area contributed by atoms with Crippen LogP contribution in [0.25, 0.3) is 5.69 Å². The number of aromatic nitrogens is 3. The lowest BCUT2D eigenvalue weighted by molar-refractivity contribution is -0.126. The summed E-state index contributed by atoms with van der Waals surface area (Å²) in [6, 6.07) is 10.0. The van der Waals surface area contributed by atoms with E-state index in [1.54, 1.807) is 6.20 Å². The summed E-state index contributed by atoms with van der Waals surface area (Å²) < 4.78 is 13.2. The molecule has 7 nitrogen and oxygen atoms in total. The summed E-state index contributed by atoms with van der Waals surface area (Å²) >= 11 is 0. The maximum absolute atomic E-state index is 13.0. The number of aryl methyl sites for hydroxylation is 3. The highest BCUT2D eigenvalue weighted by molar-refractivity contribution is 5.79. The van der Waals surface area contributed by atoms with Gasteiger partial charge in [-0.1, -0.05) is 30.3 Å². The molecule has 1 aliphatic rings. The quantitative estimate of drug-likeness (QED) is 0.671. The topological polar surface area (TPSA) is 82.2 Å². The van der Waals surface area contributed by atoms with Crippen molar-refractivity contribution in [1.82, 2.24) is 20.3 Å². The molecule has 3 atom stereocenters. The van der Waals surface area contributed by atoms with Crippen molar-refractivity contribution in [2.45, 2.75) is 46.1 Å². The first-order valence-electron chi connectivity index (χ1n) is 10.4. The Morgan fingerprint density at radius 1 is 1.27 bits per heavy atom. The fourth-order valence-electron chi connectivity index (χ4n) is 4.36. The molecular formula is C23H28N4O3. The van der Waals surface area contributed by atoms with Crippen LogP contribution in [0.5, 0.6) is 0 Å². The van der Waals surface area contributed by atoms with Crippen molar-refractivity contribution in [3.63, 3.8) is 0 Å². The van der Waals surface area contributed by atoms with Crippen LogP contribution in [-0.4, -0.2) is 34.0 Å². The molecule has 3 heterocycles. The van der Waals surface area contributed by atoms with Gasteiger partial charge >= 0.3 is 0 Å². The Labute approximate surface area is 176 Å². The number of nitrogens with zero attached hydrogens (tertiary/aromatic N) is 3. The van der Waals surface area contributed by atoms with E-state index in [9.17, 15) is 4.79 Å². The minimum atomic E-state index is -0.318. The molecule has 0 radical (unpaired) electrons. The first-order valence-corrected chi connectivity index (χ1v) is 10.4. The normalized spacial score (nSPS) is 19.7. The number of carbonyl (C=O) groups is 1. The van der Waals surface area contributed by atoms with Gasteiger partial charge in [0.05, 0.1) is 23.0 Å². The molecule has 0 saturated carbocycles. The van der Waals surface area contributed by atoms with Crippen LogP contribution in [0.15, 0.2) is 41.1 Å². The molecule has 1 aliphatic heterocycles. The average molecular weight is 409 g/mol. The van der Waals surface area contributed by atoms with Crippen LogP contribution >= 0.6 is 0 Å². The Balaban J connectivity index is 1.49. The zero-order valence-corrected chi connectivity index (χ0v) is 17.9. The summed E-state index contributed by atoms with van der Waals surface area (Å²) in [6.07, 6.45) is 2.13. The second kappa shape index (κ2) is 8.44. The van der Waals surface area contributed by atoms with Gasteiger partial charge in [-0.15, -0.1) is 0 Å². The molecule has 158 valence electrons. The van der Waals surface area contributed by atoms with E-state index >= 15 is 0 Å². The molecular weight excluding hydrogens is 380 g/mol. The number of nitrogens with one attached hydrogen (secondary N) is 1. The molecule has 1 unspecified atom stereocenters. The highest BCUT2D eigenvalue weighted by Crippen LogP contribution is 2.36. The highest BCUT2D eigenvalue weighted by atomic mass is 16.5. The third kappa shape index (κ3) is 3.77. The molecule has 4 rings (SSSR count). The fraction of sp³-hybridized carbons (Fsp3) is 0.435. The zero-order chi connectivity index (χ0) is 21.3. The third-order valence-electron chi connectivity index (χ3n) is 5.90. The summed E-state index contributed by atoms with van der Waals surface area (Å²) in [5, 5.41) is 11.6. The standard InChI is InChI=1S/C23H28N4O3/c1-14-7-5-6-8-19(14)27-20(9-11-25-27)22-18(10-12-29-22)23(28)24-13-15(2)21-16(3)26-30-17(21)4/h5-9,11,15,18,22H,10,12-13H2,1-4H3,(H,24,28)/t15?,18-,22-/m0/s1. The summed E-state index contributed by atoms with van der Waals surface area (Å²) in [4.78, 5) is 13.0. The summed E-state index contributed by atoms with van der Waals surface area (Å²) in [5.41, 5.74) is 4.96. The number of para-hydroxylation sites is 1. The predicted octanol–water partition coefficient (Wildman–Crippen LogP) is 3.78. The SMILES string of the molecule is Cc1ccccc1-n1nccc1[C@H]1OCC[C@@H]1C(=O)NCC(C)c1c(C)noc1C. The Bertz CT molecular complexity index is 1020. The van der Waals surface area contributed by atoms with Gasteiger partial charge in [-0.2, -0.15) is 5.10 Å². The zero-order valence-electron chi connectivity index (χ0n) is 17.9. The monoisotopic (exact) mass is 408 g/mol. The van der Waals surface area contributed by atoms with E-state index in [1.807, 2.05) is 42.8 Å². The summed E-state index contributed by atoms with van der Waals surface area (Å²) in [5.74, 6) is 0.687. The van der Waals surface area contributed by atoms with Crippen LogP contribution < -0.4 is 5.32 Å². The van der Waals surface area contributed by atoms with Crippen LogP contribution in [0.4, 0.5) is 0 Å². The lowest BCUT2D eigenvalue weighted by Gasteiger charge is -2.21. The first-order chi connectivity index (χ1) is 14.5. The number of hydrogen-bond acceptors (Lipinski definition) is 5. The molecule has 0 spiro atoms. The maximum atomic E-state index is 13.0. The molecule has 1 fully saturated rings. The van der Waals surface area contributed by atoms with E-state index in [0.29, 0.717) is 19.6 Å². The third-order valence-corrected chi connectivity index (χ3v) is 5.90. The molecule has 7 heteroatoms. The lowest BCUT2D eigenvalue weighted by atomic mass is 9.96. The first kappa shape index (κ1) is 20.3. The van der Waals surface area contributed by atoms with Gasteiger partial charge in [0.2, 0.25) is 5.91 Å². The van der Waals surface area contributed by atoms with Crippen LogP contribution in [0.2, 0.25) is 0 Å². The number of carbonyl (C=O) groups excluding carboxylic acids is 1. The van der Waals surface area contributed by atoms with E-state index in [1.165, 1.54) is 0 Å². The van der Waals surface area contributed by atoms with E-state index in [0.717, 1.165) is 34.0 Å². The van der Waals surface area contributed by atoms with Crippen molar-refractivity contribution in [2.24, 2.45) is 5.92 Å². The fourth-order valence-corrected chi connectivity index (χ4v) is 4.36. The maximum Gasteiger partial charge on any atom is 0.226 e. The van der Waals surface area contributed by atoms with Crippen LogP contribution in [0.1, 0.15) is 53.6 Å². The molecule has 1 N–H and O–H groups in total. The Hall–Kier alpha value is -2.93. The number of rotatable bonds is 6. The molecule has 3 aromatic rings. The van der Waals surface area contributed by atoms with E-state index in [4.69, 9.17) is 9.26 Å². The Kier molecular flexibility index (Phi) is 5.72. The van der Waals surface area contributed by atoms with Gasteiger partial charge in [-0.3, -0.25) is 4.79 Å². The number of ether oxygens (including phenoxy) is 1. The molecule has 1 amide bonds. The van der Waals surface area contributed by atoms with Gasteiger partial charge < -0.3 is 14.6 Å². The second-order valence-electron chi connectivity index (χ2n) is 8.02.